The summed E-state index contributed by atoms with van der Waals surface area (Å²) in [6.07, 6.45) is 1.20. The number of piperidine rings is 1. The summed E-state index contributed by atoms with van der Waals surface area (Å²) < 4.78 is 11.2. The van der Waals surface area contributed by atoms with Crippen LogP contribution in [0.4, 0.5) is 0 Å². The summed E-state index contributed by atoms with van der Waals surface area (Å²) in [7, 11) is 0. The quantitative estimate of drug-likeness (QED) is 0.867. The van der Waals surface area contributed by atoms with Gasteiger partial charge in [0, 0.05) is 12.6 Å². The van der Waals surface area contributed by atoms with Crippen LogP contribution in [0.3, 0.4) is 0 Å². The molecule has 0 bridgehead atoms. The lowest BCUT2D eigenvalue weighted by Crippen LogP contribution is -2.46. The molecule has 2 aliphatic heterocycles. The third-order valence-corrected chi connectivity index (χ3v) is 3.96. The zero-order valence-electron chi connectivity index (χ0n) is 11.4. The molecule has 2 aliphatic rings. The van der Waals surface area contributed by atoms with Crippen molar-refractivity contribution in [1.82, 2.24) is 10.6 Å². The van der Waals surface area contributed by atoms with Crippen LogP contribution in [0.1, 0.15) is 18.9 Å². The predicted octanol–water partition coefficient (Wildman–Crippen LogP) is 1.55. The van der Waals surface area contributed by atoms with Gasteiger partial charge in [0.05, 0.1) is 0 Å². The normalized spacial score (nSPS) is 26.2. The Morgan fingerprint density at radius 2 is 2.11 bits per heavy atom. The maximum Gasteiger partial charge on any atom is 0.161 e. The largest absolute Gasteiger partial charge is 0.486 e. The lowest BCUT2D eigenvalue weighted by Gasteiger charge is -2.30. The first-order valence-electron chi connectivity index (χ1n) is 7.15. The van der Waals surface area contributed by atoms with Gasteiger partial charge in [-0.15, -0.1) is 0 Å². The zero-order valence-corrected chi connectivity index (χ0v) is 11.4. The summed E-state index contributed by atoms with van der Waals surface area (Å²) in [6.45, 7) is 6.72. The van der Waals surface area contributed by atoms with E-state index in [1.54, 1.807) is 0 Å². The average Bonchev–Trinajstić information content (AvgIpc) is 2.46. The van der Waals surface area contributed by atoms with E-state index in [9.17, 15) is 0 Å². The van der Waals surface area contributed by atoms with Crippen LogP contribution in [0.25, 0.3) is 0 Å². The van der Waals surface area contributed by atoms with Gasteiger partial charge in [-0.1, -0.05) is 13.0 Å². The fraction of sp³-hybridized carbons (Fsp3) is 0.600. The minimum atomic E-state index is 0.606. The number of benzene rings is 1. The molecule has 104 valence electrons. The Hall–Kier alpha value is -1.26. The molecule has 2 N–H and O–H groups in total. The highest BCUT2D eigenvalue weighted by atomic mass is 16.6. The van der Waals surface area contributed by atoms with Crippen LogP contribution >= 0.6 is 0 Å². The van der Waals surface area contributed by atoms with Gasteiger partial charge in [-0.25, -0.2) is 0 Å². The van der Waals surface area contributed by atoms with Crippen LogP contribution in [0.2, 0.25) is 0 Å². The molecule has 0 saturated carbocycles. The summed E-state index contributed by atoms with van der Waals surface area (Å²) in [4.78, 5) is 0. The molecule has 1 aromatic rings. The Morgan fingerprint density at radius 3 is 2.95 bits per heavy atom. The molecule has 0 aromatic heterocycles. The number of hydrogen-bond donors (Lipinski definition) is 2. The molecule has 0 radical (unpaired) electrons. The Bertz CT molecular complexity index is 436. The molecular formula is C15H22N2O2. The van der Waals surface area contributed by atoms with E-state index in [2.05, 4.69) is 29.7 Å². The Kier molecular flexibility index (Phi) is 3.89. The van der Waals surface area contributed by atoms with Gasteiger partial charge in [0.25, 0.3) is 0 Å². The lowest BCUT2D eigenvalue weighted by molar-refractivity contribution is 0.171. The maximum absolute atomic E-state index is 5.61. The monoisotopic (exact) mass is 262 g/mol. The minimum absolute atomic E-state index is 0.606. The highest BCUT2D eigenvalue weighted by molar-refractivity contribution is 5.43. The Balaban J connectivity index is 1.60. The fourth-order valence-corrected chi connectivity index (χ4v) is 2.76. The summed E-state index contributed by atoms with van der Waals surface area (Å²) >= 11 is 0. The number of hydrogen-bond acceptors (Lipinski definition) is 4. The molecule has 2 atom stereocenters. The van der Waals surface area contributed by atoms with Gasteiger partial charge in [0.15, 0.2) is 11.5 Å². The predicted molar refractivity (Wildman–Crippen MR) is 74.7 cm³/mol. The van der Waals surface area contributed by atoms with E-state index in [-0.39, 0.29) is 0 Å². The van der Waals surface area contributed by atoms with E-state index in [1.165, 1.54) is 12.0 Å². The lowest BCUT2D eigenvalue weighted by atomic mass is 9.95. The molecule has 1 fully saturated rings. The third kappa shape index (κ3) is 3.01. The number of ether oxygens (including phenoxy) is 2. The maximum atomic E-state index is 5.61. The minimum Gasteiger partial charge on any atom is -0.486 e. The topological polar surface area (TPSA) is 42.5 Å². The summed E-state index contributed by atoms with van der Waals surface area (Å²) in [5.41, 5.74) is 1.26. The van der Waals surface area contributed by atoms with Gasteiger partial charge in [0.2, 0.25) is 0 Å². The molecule has 4 heteroatoms. The van der Waals surface area contributed by atoms with Crippen LogP contribution in [0.15, 0.2) is 18.2 Å². The standard InChI is InChI=1S/C15H22N2O2/c1-11-9-16-5-4-13(11)17-10-12-2-3-14-15(8-12)19-7-6-18-14/h2-3,8,11,13,16-17H,4-7,9-10H2,1H3. The highest BCUT2D eigenvalue weighted by Crippen LogP contribution is 2.30. The van der Waals surface area contributed by atoms with E-state index < -0.39 is 0 Å². The van der Waals surface area contributed by atoms with Gasteiger partial charge in [-0.05, 0) is 43.1 Å². The number of nitrogens with one attached hydrogen (secondary N) is 2. The average molecular weight is 262 g/mol. The van der Waals surface area contributed by atoms with Crippen LogP contribution in [0.5, 0.6) is 11.5 Å². The van der Waals surface area contributed by atoms with Crippen molar-refractivity contribution in [3.8, 4) is 11.5 Å². The van der Waals surface area contributed by atoms with Gasteiger partial charge in [0.1, 0.15) is 13.2 Å². The fourth-order valence-electron chi connectivity index (χ4n) is 2.76. The second-order valence-corrected chi connectivity index (χ2v) is 5.44. The van der Waals surface area contributed by atoms with Gasteiger partial charge >= 0.3 is 0 Å². The van der Waals surface area contributed by atoms with Crippen molar-refractivity contribution < 1.29 is 9.47 Å². The van der Waals surface area contributed by atoms with Crippen LogP contribution in [0, 0.1) is 5.92 Å². The second kappa shape index (κ2) is 5.80. The number of fused-ring (bicyclic) bond motifs is 1. The molecule has 2 unspecified atom stereocenters. The van der Waals surface area contributed by atoms with Crippen LogP contribution in [-0.4, -0.2) is 32.3 Å². The molecule has 1 saturated heterocycles. The van der Waals surface area contributed by atoms with Crippen molar-refractivity contribution in [3.05, 3.63) is 23.8 Å². The summed E-state index contributed by atoms with van der Waals surface area (Å²) in [6, 6.07) is 6.83. The molecule has 0 aliphatic carbocycles. The van der Waals surface area contributed by atoms with E-state index in [0.717, 1.165) is 31.1 Å². The summed E-state index contributed by atoms with van der Waals surface area (Å²) in [5, 5.41) is 7.09. The molecule has 1 aromatic carbocycles. The van der Waals surface area contributed by atoms with Gasteiger partial charge < -0.3 is 20.1 Å². The van der Waals surface area contributed by atoms with Crippen LogP contribution < -0.4 is 20.1 Å². The first-order chi connectivity index (χ1) is 9.33. The van der Waals surface area contributed by atoms with Crippen molar-refractivity contribution in [1.29, 1.82) is 0 Å². The zero-order chi connectivity index (χ0) is 13.1. The second-order valence-electron chi connectivity index (χ2n) is 5.44. The van der Waals surface area contributed by atoms with Crippen molar-refractivity contribution in [3.63, 3.8) is 0 Å². The first-order valence-corrected chi connectivity index (χ1v) is 7.15. The van der Waals surface area contributed by atoms with Crippen molar-refractivity contribution in [2.75, 3.05) is 26.3 Å². The van der Waals surface area contributed by atoms with Crippen molar-refractivity contribution >= 4 is 0 Å². The highest BCUT2D eigenvalue weighted by Gasteiger charge is 2.20. The Labute approximate surface area is 114 Å². The summed E-state index contributed by atoms with van der Waals surface area (Å²) in [5.74, 6) is 2.43. The molecule has 4 nitrogen and oxygen atoms in total. The molecule has 0 spiro atoms. The van der Waals surface area contributed by atoms with E-state index >= 15 is 0 Å². The molecular weight excluding hydrogens is 240 g/mol. The van der Waals surface area contributed by atoms with Crippen molar-refractivity contribution in [2.24, 2.45) is 5.92 Å². The SMILES string of the molecule is CC1CNCCC1NCc1ccc2c(c1)OCCO2. The van der Waals surface area contributed by atoms with Crippen molar-refractivity contribution in [2.45, 2.75) is 25.9 Å². The third-order valence-electron chi connectivity index (χ3n) is 3.96. The van der Waals surface area contributed by atoms with Crippen LogP contribution in [-0.2, 0) is 6.54 Å². The van der Waals surface area contributed by atoms with E-state index in [4.69, 9.17) is 9.47 Å². The Morgan fingerprint density at radius 1 is 1.26 bits per heavy atom. The first kappa shape index (κ1) is 12.8. The molecule has 19 heavy (non-hydrogen) atoms. The molecule has 3 rings (SSSR count). The van der Waals surface area contributed by atoms with E-state index in [0.29, 0.717) is 25.2 Å². The van der Waals surface area contributed by atoms with E-state index in [1.807, 2.05) is 6.07 Å². The molecule has 0 amide bonds. The molecule has 2 heterocycles. The van der Waals surface area contributed by atoms with Gasteiger partial charge in [-0.2, -0.15) is 0 Å². The van der Waals surface area contributed by atoms with Gasteiger partial charge in [-0.3, -0.25) is 0 Å². The smallest absolute Gasteiger partial charge is 0.161 e. The number of rotatable bonds is 3.